The number of nitrogens with zero attached hydrogens (tertiary/aromatic N) is 1. The van der Waals surface area contributed by atoms with Gasteiger partial charge < -0.3 is 10.6 Å². The van der Waals surface area contributed by atoms with Crippen molar-refractivity contribution in [3.63, 3.8) is 0 Å². The first kappa shape index (κ1) is 12.9. The van der Waals surface area contributed by atoms with Crippen LogP contribution in [0.1, 0.15) is 12.5 Å². The Morgan fingerprint density at radius 3 is 2.89 bits per heavy atom. The van der Waals surface area contributed by atoms with E-state index >= 15 is 0 Å². The molecule has 0 bridgehead atoms. The molecule has 2 N–H and O–H groups in total. The van der Waals surface area contributed by atoms with Crippen molar-refractivity contribution in [1.29, 1.82) is 0 Å². The minimum absolute atomic E-state index is 0.866. The second-order valence-corrected chi connectivity index (χ2v) is 4.81. The van der Waals surface area contributed by atoms with Crippen LogP contribution in [0.4, 0.5) is 17.2 Å². The van der Waals surface area contributed by atoms with Crippen LogP contribution >= 0.6 is 15.9 Å². The summed E-state index contributed by atoms with van der Waals surface area (Å²) in [6.45, 7) is 5.00. The monoisotopic (exact) mass is 305 g/mol. The van der Waals surface area contributed by atoms with Crippen LogP contribution in [-0.2, 0) is 0 Å². The van der Waals surface area contributed by atoms with Gasteiger partial charge in [-0.05, 0) is 47.5 Å². The van der Waals surface area contributed by atoms with Crippen LogP contribution in [0.2, 0.25) is 0 Å². The number of benzene rings is 1. The Hall–Kier alpha value is -1.55. The summed E-state index contributed by atoms with van der Waals surface area (Å²) >= 11 is 3.59. The maximum absolute atomic E-state index is 4.25. The van der Waals surface area contributed by atoms with Crippen molar-refractivity contribution in [3.8, 4) is 0 Å². The average Bonchev–Trinajstić information content (AvgIpc) is 2.36. The van der Waals surface area contributed by atoms with Gasteiger partial charge >= 0.3 is 0 Å². The van der Waals surface area contributed by atoms with Gasteiger partial charge in [-0.15, -0.1) is 0 Å². The average molecular weight is 306 g/mol. The zero-order valence-electron chi connectivity index (χ0n) is 10.5. The highest BCUT2D eigenvalue weighted by Crippen LogP contribution is 2.28. The molecule has 0 aliphatic carbocycles. The zero-order chi connectivity index (χ0) is 13.0. The van der Waals surface area contributed by atoms with Crippen molar-refractivity contribution in [1.82, 2.24) is 4.98 Å². The molecular weight excluding hydrogens is 290 g/mol. The molecule has 18 heavy (non-hydrogen) atoms. The van der Waals surface area contributed by atoms with Gasteiger partial charge in [0, 0.05) is 29.0 Å². The Labute approximate surface area is 116 Å². The van der Waals surface area contributed by atoms with Gasteiger partial charge in [0.1, 0.15) is 5.82 Å². The number of hydrogen-bond acceptors (Lipinski definition) is 3. The fourth-order valence-corrected chi connectivity index (χ4v) is 2.05. The highest BCUT2D eigenvalue weighted by atomic mass is 79.9. The normalized spacial score (nSPS) is 10.2. The third-order valence-corrected chi connectivity index (χ3v) is 3.64. The van der Waals surface area contributed by atoms with Crippen molar-refractivity contribution in [2.45, 2.75) is 13.8 Å². The van der Waals surface area contributed by atoms with Gasteiger partial charge in [0.25, 0.3) is 0 Å². The van der Waals surface area contributed by atoms with E-state index in [9.17, 15) is 0 Å². The van der Waals surface area contributed by atoms with E-state index in [0.29, 0.717) is 0 Å². The molecule has 2 rings (SSSR count). The Kier molecular flexibility index (Phi) is 4.20. The van der Waals surface area contributed by atoms with Gasteiger partial charge in [0.15, 0.2) is 0 Å². The van der Waals surface area contributed by atoms with Gasteiger partial charge in [0.2, 0.25) is 0 Å². The van der Waals surface area contributed by atoms with Gasteiger partial charge in [-0.25, -0.2) is 4.98 Å². The lowest BCUT2D eigenvalue weighted by Gasteiger charge is -2.11. The van der Waals surface area contributed by atoms with Crippen molar-refractivity contribution in [3.05, 3.63) is 46.6 Å². The van der Waals surface area contributed by atoms with E-state index in [2.05, 4.69) is 51.5 Å². The number of rotatable bonds is 4. The molecular formula is C14H16BrN3. The van der Waals surface area contributed by atoms with E-state index in [1.54, 1.807) is 6.20 Å². The topological polar surface area (TPSA) is 37.0 Å². The molecule has 0 radical (unpaired) electrons. The lowest BCUT2D eigenvalue weighted by molar-refractivity contribution is 1.16. The van der Waals surface area contributed by atoms with Crippen LogP contribution in [0, 0.1) is 6.92 Å². The summed E-state index contributed by atoms with van der Waals surface area (Å²) in [7, 11) is 0. The second-order valence-electron chi connectivity index (χ2n) is 4.02. The predicted octanol–water partition coefficient (Wildman–Crippen LogP) is 4.33. The SMILES string of the molecule is CCNc1cc(Nc2cccc(C)c2Br)ccn1. The fourth-order valence-electron chi connectivity index (χ4n) is 1.69. The third-order valence-electron chi connectivity index (χ3n) is 2.59. The molecule has 0 aliphatic rings. The minimum atomic E-state index is 0.866. The molecule has 4 heteroatoms. The van der Waals surface area contributed by atoms with E-state index in [1.807, 2.05) is 24.3 Å². The standard InChI is InChI=1S/C14H16BrN3/c1-3-16-13-9-11(7-8-17-13)18-12-6-4-5-10(2)14(12)15/h4-9H,3H2,1-2H3,(H2,16,17,18). The molecule has 0 saturated heterocycles. The van der Waals surface area contributed by atoms with E-state index < -0.39 is 0 Å². The van der Waals surface area contributed by atoms with Crippen molar-refractivity contribution in [2.24, 2.45) is 0 Å². The van der Waals surface area contributed by atoms with Gasteiger partial charge in [-0.2, -0.15) is 0 Å². The highest BCUT2D eigenvalue weighted by molar-refractivity contribution is 9.10. The second kappa shape index (κ2) is 5.87. The number of aromatic nitrogens is 1. The van der Waals surface area contributed by atoms with Crippen LogP contribution < -0.4 is 10.6 Å². The van der Waals surface area contributed by atoms with Crippen LogP contribution in [0.3, 0.4) is 0 Å². The molecule has 1 heterocycles. The summed E-state index contributed by atoms with van der Waals surface area (Å²) < 4.78 is 1.09. The molecule has 0 saturated carbocycles. The molecule has 0 aliphatic heterocycles. The van der Waals surface area contributed by atoms with Gasteiger partial charge in [-0.3, -0.25) is 0 Å². The first-order valence-corrected chi connectivity index (χ1v) is 6.72. The van der Waals surface area contributed by atoms with Crippen molar-refractivity contribution in [2.75, 3.05) is 17.2 Å². The Bertz CT molecular complexity index is 540. The third kappa shape index (κ3) is 3.01. The molecule has 0 amide bonds. The number of anilines is 3. The van der Waals surface area contributed by atoms with Crippen LogP contribution in [0.15, 0.2) is 41.0 Å². The summed E-state index contributed by atoms with van der Waals surface area (Å²) in [6.07, 6.45) is 1.80. The zero-order valence-corrected chi connectivity index (χ0v) is 12.1. The molecule has 0 spiro atoms. The minimum Gasteiger partial charge on any atom is -0.370 e. The largest absolute Gasteiger partial charge is 0.370 e. The molecule has 0 fully saturated rings. The van der Waals surface area contributed by atoms with Gasteiger partial charge in [-0.1, -0.05) is 12.1 Å². The number of halogens is 1. The predicted molar refractivity (Wildman–Crippen MR) is 80.6 cm³/mol. The summed E-state index contributed by atoms with van der Waals surface area (Å²) in [6, 6.07) is 10.1. The molecule has 1 aromatic carbocycles. The fraction of sp³-hybridized carbons (Fsp3) is 0.214. The molecule has 0 unspecified atom stereocenters. The lowest BCUT2D eigenvalue weighted by Crippen LogP contribution is -2.00. The maximum atomic E-state index is 4.25. The Balaban J connectivity index is 2.23. The summed E-state index contributed by atoms with van der Waals surface area (Å²) in [5, 5.41) is 6.58. The van der Waals surface area contributed by atoms with E-state index in [1.165, 1.54) is 5.56 Å². The molecule has 1 aromatic heterocycles. The summed E-state index contributed by atoms with van der Waals surface area (Å²) in [5.41, 5.74) is 3.29. The molecule has 2 aromatic rings. The van der Waals surface area contributed by atoms with E-state index in [4.69, 9.17) is 0 Å². The number of aryl methyl sites for hydroxylation is 1. The highest BCUT2D eigenvalue weighted by Gasteiger charge is 2.03. The first-order chi connectivity index (χ1) is 8.70. The molecule has 0 atom stereocenters. The summed E-state index contributed by atoms with van der Waals surface area (Å²) in [5.74, 6) is 0.881. The number of hydrogen-bond donors (Lipinski definition) is 2. The molecule has 3 nitrogen and oxygen atoms in total. The van der Waals surface area contributed by atoms with Crippen molar-refractivity contribution >= 4 is 33.1 Å². The van der Waals surface area contributed by atoms with Crippen LogP contribution in [0.5, 0.6) is 0 Å². The van der Waals surface area contributed by atoms with Gasteiger partial charge in [0.05, 0.1) is 5.69 Å². The first-order valence-electron chi connectivity index (χ1n) is 5.92. The van der Waals surface area contributed by atoms with E-state index in [0.717, 1.165) is 28.2 Å². The smallest absolute Gasteiger partial charge is 0.127 e. The molecule has 94 valence electrons. The van der Waals surface area contributed by atoms with Crippen LogP contribution in [0.25, 0.3) is 0 Å². The number of nitrogens with one attached hydrogen (secondary N) is 2. The van der Waals surface area contributed by atoms with Crippen LogP contribution in [-0.4, -0.2) is 11.5 Å². The maximum Gasteiger partial charge on any atom is 0.127 e. The quantitative estimate of drug-likeness (QED) is 0.883. The number of pyridine rings is 1. The Morgan fingerprint density at radius 1 is 1.28 bits per heavy atom. The Morgan fingerprint density at radius 2 is 2.11 bits per heavy atom. The van der Waals surface area contributed by atoms with E-state index in [-0.39, 0.29) is 0 Å². The summed E-state index contributed by atoms with van der Waals surface area (Å²) in [4.78, 5) is 4.25. The van der Waals surface area contributed by atoms with Crippen molar-refractivity contribution < 1.29 is 0 Å². The lowest BCUT2D eigenvalue weighted by atomic mass is 10.2.